The van der Waals surface area contributed by atoms with Crippen LogP contribution >= 0.6 is 0 Å². The van der Waals surface area contributed by atoms with Crippen molar-refractivity contribution in [1.82, 2.24) is 0 Å². The van der Waals surface area contributed by atoms with E-state index in [-0.39, 0.29) is 5.84 Å². The fourth-order valence-corrected chi connectivity index (χ4v) is 0.117. The molecule has 0 fully saturated rings. The van der Waals surface area contributed by atoms with Crippen molar-refractivity contribution >= 4 is 12.1 Å². The summed E-state index contributed by atoms with van der Waals surface area (Å²) in [6.07, 6.45) is 1.06. The third-order valence-corrected chi connectivity index (χ3v) is 0.448. The topological polar surface area (TPSA) is 71.0 Å². The van der Waals surface area contributed by atoms with Gasteiger partial charge in [0.25, 0.3) is 0 Å². The predicted molar refractivity (Wildman–Crippen MR) is 27.8 cm³/mol. The minimum atomic E-state index is 0.211. The minimum absolute atomic E-state index is 0.211. The van der Waals surface area contributed by atoms with Gasteiger partial charge in [0.2, 0.25) is 0 Å². The molecule has 0 saturated carbocycles. The summed E-state index contributed by atoms with van der Waals surface area (Å²) >= 11 is 0. The van der Waals surface area contributed by atoms with Gasteiger partial charge in [-0.1, -0.05) is 5.16 Å². The van der Waals surface area contributed by atoms with Crippen LogP contribution in [-0.4, -0.2) is 24.3 Å². The average molecular weight is 101 g/mol. The predicted octanol–water partition coefficient (Wildman–Crippen LogP) is -0.567. The molecule has 0 atom stereocenters. The van der Waals surface area contributed by atoms with Crippen LogP contribution in [-0.2, 0) is 0 Å². The van der Waals surface area contributed by atoms with E-state index in [1.165, 1.54) is 7.05 Å². The molecular formula is C3H7N3O. The third kappa shape index (κ3) is 2.75. The van der Waals surface area contributed by atoms with Gasteiger partial charge in [0, 0.05) is 7.05 Å². The molecule has 0 rings (SSSR count). The Morgan fingerprint density at radius 3 is 2.57 bits per heavy atom. The Bertz CT molecular complexity index is 96.4. The van der Waals surface area contributed by atoms with Gasteiger partial charge in [0.05, 0.1) is 0 Å². The zero-order valence-corrected chi connectivity index (χ0v) is 4.00. The molecule has 4 heteroatoms. The van der Waals surface area contributed by atoms with E-state index in [1.807, 2.05) is 0 Å². The van der Waals surface area contributed by atoms with Gasteiger partial charge < -0.3 is 10.9 Å². The van der Waals surface area contributed by atoms with E-state index in [0.29, 0.717) is 0 Å². The van der Waals surface area contributed by atoms with Crippen LogP contribution in [0, 0.1) is 0 Å². The summed E-state index contributed by atoms with van der Waals surface area (Å²) in [5, 5.41) is 10.4. The molecule has 0 radical (unpaired) electrons. The number of oxime groups is 1. The number of hydrogen-bond donors (Lipinski definition) is 2. The molecule has 0 aromatic heterocycles. The molecular weight excluding hydrogens is 94.1 g/mol. The van der Waals surface area contributed by atoms with Gasteiger partial charge in [0.1, 0.15) is 12.1 Å². The molecule has 0 aromatic carbocycles. The summed E-state index contributed by atoms with van der Waals surface area (Å²) in [5.74, 6) is 0.211. The second kappa shape index (κ2) is 3.14. The molecule has 0 spiro atoms. The van der Waals surface area contributed by atoms with Gasteiger partial charge in [-0.05, 0) is 0 Å². The molecule has 0 aliphatic heterocycles. The van der Waals surface area contributed by atoms with Crippen LogP contribution in [0.4, 0.5) is 0 Å². The van der Waals surface area contributed by atoms with Gasteiger partial charge in [-0.2, -0.15) is 0 Å². The van der Waals surface area contributed by atoms with E-state index in [1.54, 1.807) is 0 Å². The van der Waals surface area contributed by atoms with Crippen LogP contribution in [0.25, 0.3) is 0 Å². The van der Waals surface area contributed by atoms with E-state index in [9.17, 15) is 0 Å². The Kier molecular flexibility index (Phi) is 2.67. The van der Waals surface area contributed by atoms with Crippen molar-refractivity contribution in [3.63, 3.8) is 0 Å². The first-order valence-electron chi connectivity index (χ1n) is 1.71. The molecule has 0 amide bonds. The second-order valence-electron chi connectivity index (χ2n) is 0.893. The third-order valence-electron chi connectivity index (χ3n) is 0.448. The van der Waals surface area contributed by atoms with Crippen molar-refractivity contribution in [1.29, 1.82) is 0 Å². The lowest BCUT2D eigenvalue weighted by molar-refractivity contribution is 0.322. The smallest absolute Gasteiger partial charge is 0.140 e. The van der Waals surface area contributed by atoms with E-state index in [0.717, 1.165) is 6.21 Å². The molecule has 0 unspecified atom stereocenters. The highest BCUT2D eigenvalue weighted by molar-refractivity contribution is 6.28. The number of nitrogens with two attached hydrogens (primary N) is 1. The largest absolute Gasteiger partial charge is 0.411 e. The fraction of sp³-hybridized carbons (Fsp3) is 0.333. The van der Waals surface area contributed by atoms with Crippen LogP contribution in [0.15, 0.2) is 10.1 Å². The summed E-state index contributed by atoms with van der Waals surface area (Å²) < 4.78 is 0. The van der Waals surface area contributed by atoms with E-state index in [4.69, 9.17) is 10.9 Å². The van der Waals surface area contributed by atoms with Gasteiger partial charge >= 0.3 is 0 Å². The molecule has 40 valence electrons. The van der Waals surface area contributed by atoms with Crippen molar-refractivity contribution in [2.45, 2.75) is 0 Å². The maximum absolute atomic E-state index is 7.78. The van der Waals surface area contributed by atoms with Crippen LogP contribution in [0.5, 0.6) is 0 Å². The Balaban J connectivity index is 3.58. The molecule has 4 nitrogen and oxygen atoms in total. The fourth-order valence-electron chi connectivity index (χ4n) is 0.117. The summed E-state index contributed by atoms with van der Waals surface area (Å²) in [6.45, 7) is 0. The standard InChI is InChI=1S/C3H7N3O/c1-5-3(4)2-6-7/h2,7H,1H3,(H2,4,5). The lowest BCUT2D eigenvalue weighted by Crippen LogP contribution is -2.11. The highest BCUT2D eigenvalue weighted by Gasteiger charge is 1.75. The number of rotatable bonds is 1. The monoisotopic (exact) mass is 101 g/mol. The lowest BCUT2D eigenvalue weighted by Gasteiger charge is -1.80. The van der Waals surface area contributed by atoms with E-state index >= 15 is 0 Å². The van der Waals surface area contributed by atoms with Crippen LogP contribution in [0.3, 0.4) is 0 Å². The molecule has 0 saturated heterocycles. The molecule has 3 N–H and O–H groups in total. The van der Waals surface area contributed by atoms with Gasteiger partial charge in [-0.3, -0.25) is 4.99 Å². The molecule has 0 aliphatic rings. The summed E-state index contributed by atoms with van der Waals surface area (Å²) in [4.78, 5) is 3.46. The average Bonchev–Trinajstić information content (AvgIpc) is 1.68. The maximum Gasteiger partial charge on any atom is 0.140 e. The number of hydrogen-bond acceptors (Lipinski definition) is 3. The second-order valence-corrected chi connectivity index (χ2v) is 0.893. The number of amidine groups is 1. The molecule has 7 heavy (non-hydrogen) atoms. The van der Waals surface area contributed by atoms with Crippen LogP contribution in [0.2, 0.25) is 0 Å². The highest BCUT2D eigenvalue weighted by atomic mass is 16.4. The number of nitrogens with zero attached hydrogens (tertiary/aromatic N) is 2. The number of aliphatic imine (C=N–C) groups is 1. The van der Waals surface area contributed by atoms with Crippen molar-refractivity contribution in [3.8, 4) is 0 Å². The summed E-state index contributed by atoms with van der Waals surface area (Å²) in [7, 11) is 1.51. The Labute approximate surface area is 41.3 Å². The molecule has 0 bridgehead atoms. The SMILES string of the molecule is CN=C(N)C=NO. The van der Waals surface area contributed by atoms with Crippen molar-refractivity contribution < 1.29 is 5.21 Å². The Hall–Kier alpha value is -1.06. The first-order chi connectivity index (χ1) is 3.31. The first kappa shape index (κ1) is 5.94. The summed E-state index contributed by atoms with van der Waals surface area (Å²) in [6, 6.07) is 0. The van der Waals surface area contributed by atoms with Crippen LogP contribution in [0.1, 0.15) is 0 Å². The Morgan fingerprint density at radius 2 is 2.43 bits per heavy atom. The van der Waals surface area contributed by atoms with Crippen LogP contribution < -0.4 is 5.73 Å². The molecule has 0 aliphatic carbocycles. The maximum atomic E-state index is 7.78. The first-order valence-corrected chi connectivity index (χ1v) is 1.71. The van der Waals surface area contributed by atoms with Crippen molar-refractivity contribution in [2.75, 3.05) is 7.05 Å². The molecule has 0 aromatic rings. The normalized spacial score (nSPS) is 13.0. The van der Waals surface area contributed by atoms with E-state index < -0.39 is 0 Å². The summed E-state index contributed by atoms with van der Waals surface area (Å²) in [5.41, 5.74) is 5.02. The Morgan fingerprint density at radius 1 is 1.86 bits per heavy atom. The van der Waals surface area contributed by atoms with Gasteiger partial charge in [-0.15, -0.1) is 0 Å². The highest BCUT2D eigenvalue weighted by Crippen LogP contribution is 1.56. The van der Waals surface area contributed by atoms with Crippen molar-refractivity contribution in [2.24, 2.45) is 15.9 Å². The lowest BCUT2D eigenvalue weighted by atomic mass is 10.7. The van der Waals surface area contributed by atoms with Crippen molar-refractivity contribution in [3.05, 3.63) is 0 Å². The van der Waals surface area contributed by atoms with Gasteiger partial charge in [-0.25, -0.2) is 0 Å². The zero-order valence-electron chi connectivity index (χ0n) is 4.00. The van der Waals surface area contributed by atoms with Gasteiger partial charge in [0.15, 0.2) is 0 Å². The molecule has 0 heterocycles. The zero-order chi connectivity index (χ0) is 5.70. The minimum Gasteiger partial charge on any atom is -0.411 e. The quantitative estimate of drug-likeness (QED) is 0.201. The van der Waals surface area contributed by atoms with E-state index in [2.05, 4.69) is 10.1 Å².